The van der Waals surface area contributed by atoms with E-state index in [2.05, 4.69) is 0 Å². The number of fused-ring (bicyclic) bond motifs is 5. The zero-order chi connectivity index (χ0) is 39.7. The predicted octanol–water partition coefficient (Wildman–Crippen LogP) is 10.9. The fourth-order valence-electron chi connectivity index (χ4n) is 5.08. The van der Waals surface area contributed by atoms with Gasteiger partial charge in [-0.3, -0.25) is 0 Å². The lowest BCUT2D eigenvalue weighted by molar-refractivity contribution is 0.669. The van der Waals surface area contributed by atoms with E-state index in [1.54, 1.807) is 24.3 Å². The third-order valence-corrected chi connectivity index (χ3v) is 6.79. The summed E-state index contributed by atoms with van der Waals surface area (Å²) in [4.78, 5) is 0. The van der Waals surface area contributed by atoms with Gasteiger partial charge in [-0.15, -0.1) is 0 Å². The molecule has 0 fully saturated rings. The molecule has 8 rings (SSSR count). The third-order valence-electron chi connectivity index (χ3n) is 6.79. The zero-order valence-electron chi connectivity index (χ0n) is 36.0. The fourth-order valence-corrected chi connectivity index (χ4v) is 5.08. The molecule has 0 atom stereocenters. The van der Waals surface area contributed by atoms with Gasteiger partial charge in [-0.2, -0.15) is 0 Å². The first-order valence-corrected chi connectivity index (χ1v) is 12.0. The van der Waals surface area contributed by atoms with Crippen LogP contribution in [0.4, 0.5) is 0 Å². The highest BCUT2D eigenvalue weighted by molar-refractivity contribution is 6.21. The van der Waals surface area contributed by atoms with E-state index in [0.29, 0.717) is 27.5 Å². The molecule has 0 aliphatic carbocycles. The van der Waals surface area contributed by atoms with Crippen LogP contribution in [-0.4, -0.2) is 0 Å². The van der Waals surface area contributed by atoms with E-state index in [1.807, 2.05) is 0 Å². The van der Waals surface area contributed by atoms with Gasteiger partial charge < -0.3 is 4.42 Å². The van der Waals surface area contributed by atoms with Crippen LogP contribution in [0.3, 0.4) is 0 Å². The SMILES string of the molecule is [2H]c1cc2c(-c3ccc(-c4c([2H])c([2H])c5c(oc6c([2H])c([2H])c([2H])c([2H])c65)c4[2H])cc3)c3cc([2H])c([2H])cc3c(-c3c([2H])c([2H])c([2H])c([2H])c3[2H])c2cc1[2H]. The van der Waals surface area contributed by atoms with Gasteiger partial charge in [0.05, 0.1) is 21.9 Å². The first kappa shape index (κ1) is 11.3. The van der Waals surface area contributed by atoms with Crippen LogP contribution in [0.15, 0.2) is 150 Å². The van der Waals surface area contributed by atoms with E-state index in [-0.39, 0.29) is 85.7 Å². The lowest BCUT2D eigenvalue weighted by Crippen LogP contribution is -1.90. The molecule has 0 radical (unpaired) electrons. The van der Waals surface area contributed by atoms with Gasteiger partial charge in [-0.1, -0.05) is 127 Å². The van der Waals surface area contributed by atoms with E-state index < -0.39 is 60.4 Å². The van der Waals surface area contributed by atoms with E-state index in [0.717, 1.165) is 0 Å². The topological polar surface area (TPSA) is 13.1 Å². The van der Waals surface area contributed by atoms with Crippen LogP contribution in [0.1, 0.15) is 21.9 Å². The first-order chi connectivity index (χ1) is 26.0. The lowest BCUT2D eigenvalue weighted by atomic mass is 9.86. The van der Waals surface area contributed by atoms with Crippen molar-refractivity contribution < 1.29 is 26.3 Å². The van der Waals surface area contributed by atoms with Gasteiger partial charge in [-0.25, -0.2) is 0 Å². The monoisotopic (exact) mass is 512 g/mol. The Morgan fingerprint density at radius 1 is 0.359 bits per heavy atom. The summed E-state index contributed by atoms with van der Waals surface area (Å²) in [5, 5.41) is 1.10. The summed E-state index contributed by atoms with van der Waals surface area (Å²) >= 11 is 0. The van der Waals surface area contributed by atoms with E-state index in [4.69, 9.17) is 26.3 Å². The van der Waals surface area contributed by atoms with E-state index >= 15 is 0 Å². The average Bonchev–Trinajstić information content (AvgIpc) is 3.57. The lowest BCUT2D eigenvalue weighted by Gasteiger charge is -2.18. The molecular weight excluding hydrogens is 472 g/mol. The van der Waals surface area contributed by atoms with E-state index in [1.165, 1.54) is 24.3 Å². The number of hydrogen-bond acceptors (Lipinski definition) is 1. The molecule has 0 saturated carbocycles. The molecule has 0 amide bonds. The Kier molecular flexibility index (Phi) is 2.53. The molecule has 1 aromatic heterocycles. The number of hydrogen-bond donors (Lipinski definition) is 0. The van der Waals surface area contributed by atoms with Crippen LogP contribution in [0, 0.1) is 0 Å². The minimum absolute atomic E-state index is 0.00389. The Hall–Kier alpha value is -5.14. The number of benzene rings is 7. The van der Waals surface area contributed by atoms with E-state index in [9.17, 15) is 0 Å². The standard InChI is InChI=1S/C38H24O/c1-2-10-26(11-3-1)37-31-13-4-6-15-33(31)38(34-16-7-5-14-32(34)37)27-20-18-25(19-21-27)28-22-23-30-29-12-8-9-17-35(29)39-36(30)24-28/h1-24H/i1D,2D,3D,4D,5D,6D,7D,8D,9D,10D,11D,12D,17D,22D,23D,24D. The van der Waals surface area contributed by atoms with Crippen LogP contribution >= 0.6 is 0 Å². The molecule has 1 heteroatoms. The predicted molar refractivity (Wildman–Crippen MR) is 165 cm³/mol. The quantitative estimate of drug-likeness (QED) is 0.215. The normalized spacial score (nSPS) is 17.3. The van der Waals surface area contributed by atoms with Crippen molar-refractivity contribution in [2.24, 2.45) is 0 Å². The maximum atomic E-state index is 9.04. The van der Waals surface area contributed by atoms with Crippen molar-refractivity contribution >= 4 is 43.5 Å². The molecule has 0 saturated heterocycles. The molecule has 0 bridgehead atoms. The highest BCUT2D eigenvalue weighted by Gasteiger charge is 2.16. The minimum Gasteiger partial charge on any atom is -0.456 e. The van der Waals surface area contributed by atoms with Crippen molar-refractivity contribution in [3.05, 3.63) is 145 Å². The summed E-state index contributed by atoms with van der Waals surface area (Å²) in [7, 11) is 0. The second-order valence-electron chi connectivity index (χ2n) is 8.90. The maximum Gasteiger partial charge on any atom is 0.136 e. The van der Waals surface area contributed by atoms with Gasteiger partial charge in [0.1, 0.15) is 11.2 Å². The Balaban J connectivity index is 1.42. The highest BCUT2D eigenvalue weighted by atomic mass is 16.3. The molecule has 0 spiro atoms. The van der Waals surface area contributed by atoms with Crippen LogP contribution < -0.4 is 0 Å². The molecule has 8 aromatic rings. The molecule has 7 aromatic carbocycles. The average molecular weight is 513 g/mol. The van der Waals surface area contributed by atoms with Crippen molar-refractivity contribution in [2.75, 3.05) is 0 Å². The molecule has 0 unspecified atom stereocenters. The summed E-state index contributed by atoms with van der Waals surface area (Å²) < 4.78 is 142. The van der Waals surface area contributed by atoms with Crippen molar-refractivity contribution in [3.8, 4) is 33.4 Å². The Morgan fingerprint density at radius 3 is 1.56 bits per heavy atom. The van der Waals surface area contributed by atoms with Gasteiger partial charge in [0.2, 0.25) is 0 Å². The molecule has 39 heavy (non-hydrogen) atoms. The van der Waals surface area contributed by atoms with Gasteiger partial charge >= 0.3 is 0 Å². The van der Waals surface area contributed by atoms with Crippen LogP contribution in [0.2, 0.25) is 0 Å². The van der Waals surface area contributed by atoms with Crippen molar-refractivity contribution in [1.82, 2.24) is 0 Å². The molecular formula is C38H24O. The Bertz CT molecular complexity index is 2940. The number of rotatable bonds is 3. The summed E-state index contributed by atoms with van der Waals surface area (Å²) in [6.45, 7) is 0. The molecule has 0 aliphatic heterocycles. The second-order valence-corrected chi connectivity index (χ2v) is 8.90. The van der Waals surface area contributed by atoms with Crippen molar-refractivity contribution in [3.63, 3.8) is 0 Å². The van der Waals surface area contributed by atoms with Crippen LogP contribution in [0.25, 0.3) is 76.9 Å². The molecule has 1 heterocycles. The smallest absolute Gasteiger partial charge is 0.136 e. The molecule has 182 valence electrons. The van der Waals surface area contributed by atoms with Crippen LogP contribution in [0.5, 0.6) is 0 Å². The highest BCUT2D eigenvalue weighted by Crippen LogP contribution is 2.43. The Labute approximate surface area is 249 Å². The summed E-state index contributed by atoms with van der Waals surface area (Å²) in [6, 6.07) is 5.54. The fraction of sp³-hybridized carbons (Fsp3) is 0. The van der Waals surface area contributed by atoms with Crippen LogP contribution in [-0.2, 0) is 0 Å². The zero-order valence-corrected chi connectivity index (χ0v) is 20.0. The van der Waals surface area contributed by atoms with Gasteiger partial charge in [0.15, 0.2) is 0 Å². The van der Waals surface area contributed by atoms with Crippen molar-refractivity contribution in [1.29, 1.82) is 0 Å². The molecule has 0 N–H and O–H groups in total. The second kappa shape index (κ2) is 8.72. The maximum absolute atomic E-state index is 9.04. The van der Waals surface area contributed by atoms with Crippen molar-refractivity contribution in [2.45, 2.75) is 0 Å². The number of furan rings is 1. The largest absolute Gasteiger partial charge is 0.456 e. The summed E-state index contributed by atoms with van der Waals surface area (Å²) in [5.41, 5.74) is 0.851. The third kappa shape index (κ3) is 3.48. The van der Waals surface area contributed by atoms with Gasteiger partial charge in [-0.05, 0) is 73.1 Å². The summed E-state index contributed by atoms with van der Waals surface area (Å²) in [5.74, 6) is 0. The Morgan fingerprint density at radius 2 is 0.897 bits per heavy atom. The molecule has 1 nitrogen and oxygen atoms in total. The minimum atomic E-state index is -0.594. The first-order valence-electron chi connectivity index (χ1n) is 20.0. The summed E-state index contributed by atoms with van der Waals surface area (Å²) in [6.07, 6.45) is 0. The molecule has 0 aliphatic rings. The van der Waals surface area contributed by atoms with Gasteiger partial charge in [0.25, 0.3) is 0 Å². The van der Waals surface area contributed by atoms with Gasteiger partial charge in [0, 0.05) is 10.8 Å². The number of para-hydroxylation sites is 1.